The summed E-state index contributed by atoms with van der Waals surface area (Å²) in [7, 11) is 0. The summed E-state index contributed by atoms with van der Waals surface area (Å²) in [4.78, 5) is 11.9. The lowest BCUT2D eigenvalue weighted by Crippen LogP contribution is -2.02. The van der Waals surface area contributed by atoms with Gasteiger partial charge in [-0.3, -0.25) is 0 Å². The van der Waals surface area contributed by atoms with Crippen LogP contribution in [0.5, 0.6) is 0 Å². The second-order valence-corrected chi connectivity index (χ2v) is 3.63. The van der Waals surface area contributed by atoms with E-state index in [2.05, 4.69) is 20.1 Å². The van der Waals surface area contributed by atoms with Crippen LogP contribution in [0.25, 0.3) is 11.4 Å². The summed E-state index contributed by atoms with van der Waals surface area (Å²) in [5, 5.41) is 3.80. The third-order valence-corrected chi connectivity index (χ3v) is 2.07. The predicted molar refractivity (Wildman–Crippen MR) is 58.2 cm³/mol. The Morgan fingerprint density at radius 2 is 1.81 bits per heavy atom. The molecule has 0 spiro atoms. The first kappa shape index (κ1) is 10.3. The minimum atomic E-state index is 0.147. The molecule has 4 N–H and O–H groups in total. The summed E-state index contributed by atoms with van der Waals surface area (Å²) < 4.78 is 5.06. The highest BCUT2D eigenvalue weighted by atomic mass is 16.5. The fourth-order valence-electron chi connectivity index (χ4n) is 1.21. The van der Waals surface area contributed by atoms with Gasteiger partial charge in [0.05, 0.1) is 0 Å². The first-order chi connectivity index (χ1) is 7.59. The van der Waals surface area contributed by atoms with Gasteiger partial charge < -0.3 is 16.0 Å². The monoisotopic (exact) mass is 220 g/mol. The first-order valence-corrected chi connectivity index (χ1v) is 4.79. The van der Waals surface area contributed by atoms with E-state index in [1.165, 1.54) is 6.33 Å². The largest absolute Gasteiger partial charge is 0.383 e. The van der Waals surface area contributed by atoms with Crippen molar-refractivity contribution in [3.05, 3.63) is 12.2 Å². The molecule has 0 amide bonds. The summed E-state index contributed by atoms with van der Waals surface area (Å²) in [6, 6.07) is 0. The van der Waals surface area contributed by atoms with Gasteiger partial charge in [0.25, 0.3) is 0 Å². The topological polar surface area (TPSA) is 117 Å². The maximum absolute atomic E-state index is 5.69. The van der Waals surface area contributed by atoms with E-state index in [0.29, 0.717) is 17.3 Å². The van der Waals surface area contributed by atoms with Gasteiger partial charge >= 0.3 is 0 Å². The minimum absolute atomic E-state index is 0.147. The zero-order valence-corrected chi connectivity index (χ0v) is 9.01. The number of nitrogens with two attached hydrogens (primary N) is 2. The lowest BCUT2D eigenvalue weighted by molar-refractivity contribution is 0.365. The van der Waals surface area contributed by atoms with Crippen molar-refractivity contribution in [1.29, 1.82) is 0 Å². The molecule has 0 aliphatic rings. The number of anilines is 2. The average Bonchev–Trinajstić information content (AvgIpc) is 2.66. The SMILES string of the molecule is CC(C)c1nc(-c2c(N)ncnc2N)no1. The van der Waals surface area contributed by atoms with Crippen molar-refractivity contribution < 1.29 is 4.52 Å². The quantitative estimate of drug-likeness (QED) is 0.769. The molecule has 2 aromatic heterocycles. The summed E-state index contributed by atoms with van der Waals surface area (Å²) in [5.41, 5.74) is 11.8. The van der Waals surface area contributed by atoms with E-state index >= 15 is 0 Å². The summed E-state index contributed by atoms with van der Waals surface area (Å²) in [6.45, 7) is 3.90. The second kappa shape index (κ2) is 3.76. The van der Waals surface area contributed by atoms with E-state index in [4.69, 9.17) is 16.0 Å². The molecule has 2 heterocycles. The van der Waals surface area contributed by atoms with E-state index in [1.807, 2.05) is 13.8 Å². The molecule has 0 fully saturated rings. The molecule has 0 saturated carbocycles. The molecule has 2 aromatic rings. The van der Waals surface area contributed by atoms with Crippen LogP contribution in [0.2, 0.25) is 0 Å². The molecule has 84 valence electrons. The highest BCUT2D eigenvalue weighted by molar-refractivity contribution is 5.77. The third-order valence-electron chi connectivity index (χ3n) is 2.07. The van der Waals surface area contributed by atoms with Crippen molar-refractivity contribution in [2.75, 3.05) is 11.5 Å². The number of hydrogen-bond donors (Lipinski definition) is 2. The molecule has 0 bridgehead atoms. The van der Waals surface area contributed by atoms with Crippen molar-refractivity contribution in [2.24, 2.45) is 0 Å². The Balaban J connectivity index is 2.50. The number of hydrogen-bond acceptors (Lipinski definition) is 7. The van der Waals surface area contributed by atoms with Gasteiger partial charge in [-0.2, -0.15) is 4.98 Å². The lowest BCUT2D eigenvalue weighted by Gasteiger charge is -2.01. The highest BCUT2D eigenvalue weighted by Crippen LogP contribution is 2.26. The van der Waals surface area contributed by atoms with Gasteiger partial charge in [0.1, 0.15) is 23.5 Å². The summed E-state index contributed by atoms with van der Waals surface area (Å²) in [6.07, 6.45) is 1.29. The summed E-state index contributed by atoms with van der Waals surface area (Å²) >= 11 is 0. The summed E-state index contributed by atoms with van der Waals surface area (Å²) in [5.74, 6) is 1.47. The van der Waals surface area contributed by atoms with Crippen LogP contribution in [0.4, 0.5) is 11.6 Å². The fourth-order valence-corrected chi connectivity index (χ4v) is 1.21. The predicted octanol–water partition coefficient (Wildman–Crippen LogP) is 0.814. The van der Waals surface area contributed by atoms with Crippen molar-refractivity contribution in [3.8, 4) is 11.4 Å². The van der Waals surface area contributed by atoms with Crippen LogP contribution in [0.3, 0.4) is 0 Å². The van der Waals surface area contributed by atoms with Gasteiger partial charge in [-0.15, -0.1) is 0 Å². The molecule has 0 aliphatic heterocycles. The van der Waals surface area contributed by atoms with Gasteiger partial charge in [-0.05, 0) is 0 Å². The molecule has 0 atom stereocenters. The van der Waals surface area contributed by atoms with Gasteiger partial charge in [0.2, 0.25) is 11.7 Å². The maximum Gasteiger partial charge on any atom is 0.229 e. The number of nitrogens with zero attached hydrogens (tertiary/aromatic N) is 4. The Morgan fingerprint density at radius 3 is 2.31 bits per heavy atom. The normalized spacial score (nSPS) is 10.9. The fraction of sp³-hybridized carbons (Fsp3) is 0.333. The molecule has 0 unspecified atom stereocenters. The van der Waals surface area contributed by atoms with Crippen molar-refractivity contribution >= 4 is 11.6 Å². The van der Waals surface area contributed by atoms with E-state index in [9.17, 15) is 0 Å². The average molecular weight is 220 g/mol. The highest BCUT2D eigenvalue weighted by Gasteiger charge is 2.17. The van der Waals surface area contributed by atoms with Crippen LogP contribution in [0.15, 0.2) is 10.9 Å². The van der Waals surface area contributed by atoms with Crippen LogP contribution in [-0.2, 0) is 0 Å². The zero-order valence-electron chi connectivity index (χ0n) is 9.01. The zero-order chi connectivity index (χ0) is 11.7. The molecule has 2 rings (SSSR count). The Labute approximate surface area is 91.9 Å². The van der Waals surface area contributed by atoms with Crippen molar-refractivity contribution in [3.63, 3.8) is 0 Å². The Hall–Kier alpha value is -2.18. The van der Waals surface area contributed by atoms with Crippen LogP contribution in [-0.4, -0.2) is 20.1 Å². The van der Waals surface area contributed by atoms with E-state index in [1.54, 1.807) is 0 Å². The van der Waals surface area contributed by atoms with Crippen LogP contribution >= 0.6 is 0 Å². The lowest BCUT2D eigenvalue weighted by atomic mass is 10.2. The van der Waals surface area contributed by atoms with Gasteiger partial charge in [-0.1, -0.05) is 19.0 Å². The van der Waals surface area contributed by atoms with Crippen molar-refractivity contribution in [1.82, 2.24) is 20.1 Å². The van der Waals surface area contributed by atoms with Gasteiger partial charge in [0.15, 0.2) is 0 Å². The molecule has 7 heteroatoms. The number of nitrogen functional groups attached to an aromatic ring is 2. The van der Waals surface area contributed by atoms with Crippen LogP contribution in [0, 0.1) is 0 Å². The van der Waals surface area contributed by atoms with Crippen LogP contribution < -0.4 is 11.5 Å². The van der Waals surface area contributed by atoms with Crippen LogP contribution in [0.1, 0.15) is 25.7 Å². The van der Waals surface area contributed by atoms with Gasteiger partial charge in [-0.25, -0.2) is 9.97 Å². The molecule has 0 radical (unpaired) electrons. The van der Waals surface area contributed by atoms with E-state index < -0.39 is 0 Å². The molecule has 7 nitrogen and oxygen atoms in total. The van der Waals surface area contributed by atoms with Crippen molar-refractivity contribution in [2.45, 2.75) is 19.8 Å². The number of aromatic nitrogens is 4. The third kappa shape index (κ3) is 1.67. The minimum Gasteiger partial charge on any atom is -0.383 e. The van der Waals surface area contributed by atoms with E-state index in [-0.39, 0.29) is 17.6 Å². The van der Waals surface area contributed by atoms with E-state index in [0.717, 1.165) is 0 Å². The Bertz CT molecular complexity index is 486. The second-order valence-electron chi connectivity index (χ2n) is 3.63. The number of rotatable bonds is 2. The Morgan fingerprint density at radius 1 is 1.19 bits per heavy atom. The Kier molecular flexibility index (Phi) is 2.43. The molecule has 0 aromatic carbocycles. The molecular formula is C9H12N6O. The maximum atomic E-state index is 5.69. The smallest absolute Gasteiger partial charge is 0.229 e. The first-order valence-electron chi connectivity index (χ1n) is 4.79. The standard InChI is InChI=1S/C9H12N6O/c1-4(2)9-14-8(15-16-9)5-6(10)12-3-13-7(5)11/h3-4H,1-2H3,(H4,10,11,12,13). The molecule has 16 heavy (non-hydrogen) atoms. The molecule has 0 saturated heterocycles. The van der Waals surface area contributed by atoms with Gasteiger partial charge in [0, 0.05) is 5.92 Å². The molecule has 0 aliphatic carbocycles. The molecular weight excluding hydrogens is 208 g/mol.